The highest BCUT2D eigenvalue weighted by Gasteiger charge is 2.08. The quantitative estimate of drug-likeness (QED) is 0.779. The van der Waals surface area contributed by atoms with E-state index in [0.29, 0.717) is 12.1 Å². The summed E-state index contributed by atoms with van der Waals surface area (Å²) in [5, 5.41) is 3.41. The molecule has 3 heteroatoms. The van der Waals surface area contributed by atoms with Crippen molar-refractivity contribution in [1.29, 1.82) is 0 Å². The lowest BCUT2D eigenvalue weighted by atomic mass is 10.0. The maximum absolute atomic E-state index is 13.8. The minimum Gasteiger partial charge on any atom is -0.380 e. The summed E-state index contributed by atoms with van der Waals surface area (Å²) >= 11 is 3.38. The van der Waals surface area contributed by atoms with Crippen LogP contribution in [0.2, 0.25) is 0 Å². The smallest absolute Gasteiger partial charge is 0.128 e. The summed E-state index contributed by atoms with van der Waals surface area (Å²) in [6, 6.07) is 11.4. The Hall–Kier alpha value is -1.35. The molecule has 0 saturated heterocycles. The molecule has 0 bridgehead atoms. The van der Waals surface area contributed by atoms with E-state index in [1.54, 1.807) is 6.07 Å². The second kappa shape index (κ2) is 6.89. The first-order valence-corrected chi connectivity index (χ1v) is 7.73. The number of hydrogen-bond donors (Lipinski definition) is 1. The average molecular weight is 336 g/mol. The van der Waals surface area contributed by atoms with Gasteiger partial charge in [-0.25, -0.2) is 4.39 Å². The first-order chi connectivity index (χ1) is 9.65. The van der Waals surface area contributed by atoms with Crippen LogP contribution < -0.4 is 5.32 Å². The summed E-state index contributed by atoms with van der Waals surface area (Å²) in [6.07, 6.45) is 1.94. The van der Waals surface area contributed by atoms with E-state index in [2.05, 4.69) is 53.3 Å². The van der Waals surface area contributed by atoms with Crippen molar-refractivity contribution in [2.75, 3.05) is 5.32 Å². The topological polar surface area (TPSA) is 12.0 Å². The second-order valence-electron chi connectivity index (χ2n) is 4.75. The fourth-order valence-electron chi connectivity index (χ4n) is 2.33. The predicted molar refractivity (Wildman–Crippen MR) is 86.6 cm³/mol. The molecular formula is C17H19BrFN. The Kier molecular flexibility index (Phi) is 5.18. The Balaban J connectivity index is 2.24. The Morgan fingerprint density at radius 3 is 2.25 bits per heavy atom. The number of anilines is 1. The molecule has 0 aromatic heterocycles. The first-order valence-electron chi connectivity index (χ1n) is 6.94. The van der Waals surface area contributed by atoms with Crippen molar-refractivity contribution in [2.24, 2.45) is 0 Å². The summed E-state index contributed by atoms with van der Waals surface area (Å²) in [7, 11) is 0. The minimum atomic E-state index is -0.173. The summed E-state index contributed by atoms with van der Waals surface area (Å²) in [4.78, 5) is 0. The lowest BCUT2D eigenvalue weighted by Crippen LogP contribution is -2.06. The third-order valence-electron chi connectivity index (χ3n) is 3.46. The standard InChI is InChI=1S/C17H19BrFN/c1-3-12-6-5-7-13(4-2)17(12)20-11-14-10-15(18)8-9-16(14)19/h5-10,20H,3-4,11H2,1-2H3. The largest absolute Gasteiger partial charge is 0.380 e. The lowest BCUT2D eigenvalue weighted by molar-refractivity contribution is 0.612. The van der Waals surface area contributed by atoms with Crippen LogP contribution in [0.15, 0.2) is 40.9 Å². The highest BCUT2D eigenvalue weighted by molar-refractivity contribution is 9.10. The summed E-state index contributed by atoms with van der Waals surface area (Å²) in [5.74, 6) is -0.173. The van der Waals surface area contributed by atoms with Crippen LogP contribution in [0.25, 0.3) is 0 Å². The van der Waals surface area contributed by atoms with Gasteiger partial charge in [0.2, 0.25) is 0 Å². The van der Waals surface area contributed by atoms with Crippen LogP contribution in [0.5, 0.6) is 0 Å². The zero-order valence-electron chi connectivity index (χ0n) is 11.8. The molecule has 1 nitrogen and oxygen atoms in total. The molecule has 0 unspecified atom stereocenters. The van der Waals surface area contributed by atoms with Gasteiger partial charge in [0.1, 0.15) is 5.82 Å². The molecule has 0 saturated carbocycles. The van der Waals surface area contributed by atoms with E-state index < -0.39 is 0 Å². The maximum atomic E-state index is 13.8. The molecule has 0 aliphatic rings. The average Bonchev–Trinajstić information content (AvgIpc) is 2.47. The van der Waals surface area contributed by atoms with Gasteiger partial charge in [-0.2, -0.15) is 0 Å². The molecule has 0 fully saturated rings. The molecule has 0 atom stereocenters. The Bertz CT molecular complexity index is 573. The van der Waals surface area contributed by atoms with Crippen LogP contribution in [0, 0.1) is 5.82 Å². The van der Waals surface area contributed by atoms with Gasteiger partial charge in [-0.05, 0) is 42.2 Å². The molecule has 0 radical (unpaired) electrons. The van der Waals surface area contributed by atoms with Crippen LogP contribution in [0.4, 0.5) is 10.1 Å². The number of benzene rings is 2. The fourth-order valence-corrected chi connectivity index (χ4v) is 2.74. The Labute approximate surface area is 128 Å². The zero-order chi connectivity index (χ0) is 14.5. The zero-order valence-corrected chi connectivity index (χ0v) is 13.4. The molecule has 2 aromatic rings. The Morgan fingerprint density at radius 2 is 1.65 bits per heavy atom. The molecule has 0 amide bonds. The molecule has 0 heterocycles. The number of aryl methyl sites for hydroxylation is 2. The number of nitrogens with one attached hydrogen (secondary N) is 1. The van der Waals surface area contributed by atoms with E-state index in [-0.39, 0.29) is 5.82 Å². The molecule has 0 aliphatic carbocycles. The molecular weight excluding hydrogens is 317 g/mol. The number of para-hydroxylation sites is 1. The Morgan fingerprint density at radius 1 is 1.00 bits per heavy atom. The van der Waals surface area contributed by atoms with Crippen LogP contribution >= 0.6 is 15.9 Å². The van der Waals surface area contributed by atoms with Gasteiger partial charge >= 0.3 is 0 Å². The first kappa shape index (κ1) is 15.0. The van der Waals surface area contributed by atoms with Gasteiger partial charge in [0.15, 0.2) is 0 Å². The van der Waals surface area contributed by atoms with Gasteiger partial charge in [0.05, 0.1) is 0 Å². The van der Waals surface area contributed by atoms with E-state index in [1.807, 2.05) is 6.07 Å². The van der Waals surface area contributed by atoms with Crippen molar-refractivity contribution in [3.63, 3.8) is 0 Å². The van der Waals surface area contributed by atoms with Crippen molar-refractivity contribution < 1.29 is 4.39 Å². The van der Waals surface area contributed by atoms with Gasteiger partial charge in [-0.15, -0.1) is 0 Å². The molecule has 0 aliphatic heterocycles. The molecule has 0 spiro atoms. The van der Waals surface area contributed by atoms with Crippen LogP contribution in [-0.2, 0) is 19.4 Å². The fraction of sp³-hybridized carbons (Fsp3) is 0.294. The molecule has 1 N–H and O–H groups in total. The van der Waals surface area contributed by atoms with Crippen LogP contribution in [-0.4, -0.2) is 0 Å². The van der Waals surface area contributed by atoms with Crippen molar-refractivity contribution >= 4 is 21.6 Å². The minimum absolute atomic E-state index is 0.173. The van der Waals surface area contributed by atoms with E-state index in [9.17, 15) is 4.39 Å². The number of rotatable bonds is 5. The van der Waals surface area contributed by atoms with Crippen molar-refractivity contribution in [2.45, 2.75) is 33.2 Å². The monoisotopic (exact) mass is 335 g/mol. The van der Waals surface area contributed by atoms with Gasteiger partial charge < -0.3 is 5.32 Å². The van der Waals surface area contributed by atoms with Crippen LogP contribution in [0.3, 0.4) is 0 Å². The van der Waals surface area contributed by atoms with Gasteiger partial charge in [-0.3, -0.25) is 0 Å². The molecule has 106 valence electrons. The van der Waals surface area contributed by atoms with Crippen molar-refractivity contribution in [3.05, 3.63) is 63.4 Å². The third-order valence-corrected chi connectivity index (χ3v) is 3.96. The summed E-state index contributed by atoms with van der Waals surface area (Å²) in [6.45, 7) is 4.77. The van der Waals surface area contributed by atoms with Crippen molar-refractivity contribution in [1.82, 2.24) is 0 Å². The second-order valence-corrected chi connectivity index (χ2v) is 5.66. The normalized spacial score (nSPS) is 10.6. The molecule has 2 rings (SSSR count). The van der Waals surface area contributed by atoms with Crippen molar-refractivity contribution in [3.8, 4) is 0 Å². The SMILES string of the molecule is CCc1cccc(CC)c1NCc1cc(Br)ccc1F. The van der Waals surface area contributed by atoms with E-state index in [4.69, 9.17) is 0 Å². The lowest BCUT2D eigenvalue weighted by Gasteiger charge is -2.16. The van der Waals surface area contributed by atoms with E-state index >= 15 is 0 Å². The van der Waals surface area contributed by atoms with E-state index in [1.165, 1.54) is 17.2 Å². The summed E-state index contributed by atoms with van der Waals surface area (Å²) < 4.78 is 14.7. The highest BCUT2D eigenvalue weighted by atomic mass is 79.9. The van der Waals surface area contributed by atoms with Gasteiger partial charge in [0.25, 0.3) is 0 Å². The van der Waals surface area contributed by atoms with E-state index in [0.717, 1.165) is 23.0 Å². The molecule has 20 heavy (non-hydrogen) atoms. The summed E-state index contributed by atoms with van der Waals surface area (Å²) in [5.41, 5.74) is 4.38. The molecule has 2 aromatic carbocycles. The maximum Gasteiger partial charge on any atom is 0.128 e. The highest BCUT2D eigenvalue weighted by Crippen LogP contribution is 2.24. The van der Waals surface area contributed by atoms with Gasteiger partial charge in [-0.1, -0.05) is 48.0 Å². The number of hydrogen-bond acceptors (Lipinski definition) is 1. The predicted octanol–water partition coefficient (Wildman–Crippen LogP) is 5.33. The van der Waals surface area contributed by atoms with Gasteiger partial charge in [0, 0.05) is 22.3 Å². The number of halogens is 2. The third kappa shape index (κ3) is 3.40. The van der Waals surface area contributed by atoms with Crippen LogP contribution in [0.1, 0.15) is 30.5 Å².